The Kier molecular flexibility index (Phi) is 7.47. The van der Waals surface area contributed by atoms with Crippen LogP contribution < -0.4 is 5.73 Å². The highest BCUT2D eigenvalue weighted by Gasteiger charge is 2.33. The van der Waals surface area contributed by atoms with E-state index in [1.54, 1.807) is 18.3 Å². The molecule has 2 N–H and O–H groups in total. The second-order valence-corrected chi connectivity index (χ2v) is 6.85. The van der Waals surface area contributed by atoms with Gasteiger partial charge in [-0.3, -0.25) is 9.78 Å². The number of nitrogens with two attached hydrogens (primary N) is 1. The lowest BCUT2D eigenvalue weighted by molar-refractivity contribution is -0.140. The number of hydrogen-bond donors (Lipinski definition) is 1. The normalized spacial score (nSPS) is 11.6. The lowest BCUT2D eigenvalue weighted by atomic mass is 10.1. The number of hydrogen-bond acceptors (Lipinski definition) is 2. The topological polar surface area (TPSA) is 70.1 Å². The summed E-state index contributed by atoms with van der Waals surface area (Å²) in [5, 5.41) is 4.19. The molecule has 0 unspecified atom stereocenters. The van der Waals surface area contributed by atoms with Crippen LogP contribution in [0.2, 0.25) is 0 Å². The second kappa shape index (κ2) is 8.94. The molecule has 0 aliphatic rings. The predicted molar refractivity (Wildman–Crippen MR) is 95.7 cm³/mol. The standard InChI is InChI=1S/C12H14F4N.C7H8N2O/c1-11(2,3)17-7-8-4-5-10(13)9(6-8)12(14,15)16;1-5-4-6(7(8)10)2-3-9-5/h4-6H,7H2,1-3H3;2-4H,1H3,(H2,8,10)/q-1;. The number of benzene rings is 1. The number of carbonyl (C=O) groups is 1. The number of pyridine rings is 1. The van der Waals surface area contributed by atoms with Crippen molar-refractivity contribution in [1.82, 2.24) is 4.98 Å². The van der Waals surface area contributed by atoms with Gasteiger partial charge in [-0.1, -0.05) is 32.4 Å². The summed E-state index contributed by atoms with van der Waals surface area (Å²) in [5.41, 5.74) is 5.12. The molecule has 0 saturated heterocycles. The van der Waals surface area contributed by atoms with Crippen molar-refractivity contribution in [3.8, 4) is 0 Å². The van der Waals surface area contributed by atoms with Gasteiger partial charge in [0.15, 0.2) is 0 Å². The van der Waals surface area contributed by atoms with E-state index < -0.39 is 23.5 Å². The minimum Gasteiger partial charge on any atom is -0.654 e. The molecular weight excluding hydrogens is 362 g/mol. The number of aromatic nitrogens is 1. The van der Waals surface area contributed by atoms with Crippen LogP contribution in [-0.2, 0) is 12.7 Å². The molecule has 27 heavy (non-hydrogen) atoms. The Bertz CT molecular complexity index is 783. The first kappa shape index (κ1) is 22.6. The van der Waals surface area contributed by atoms with Gasteiger partial charge in [0, 0.05) is 17.5 Å². The maximum atomic E-state index is 13.0. The number of carbonyl (C=O) groups excluding carboxylic acids is 1. The Morgan fingerprint density at radius 3 is 2.22 bits per heavy atom. The molecule has 0 aliphatic carbocycles. The molecule has 1 heterocycles. The Balaban J connectivity index is 0.000000309. The molecule has 1 aromatic heterocycles. The summed E-state index contributed by atoms with van der Waals surface area (Å²) >= 11 is 0. The zero-order chi connectivity index (χ0) is 20.8. The molecule has 148 valence electrons. The molecule has 1 amide bonds. The van der Waals surface area contributed by atoms with Crippen LogP contribution in [0.3, 0.4) is 0 Å². The number of rotatable bonds is 3. The first-order valence-electron chi connectivity index (χ1n) is 8.06. The number of amides is 1. The van der Waals surface area contributed by atoms with Crippen LogP contribution in [0, 0.1) is 12.7 Å². The zero-order valence-corrected chi connectivity index (χ0v) is 15.6. The predicted octanol–water partition coefficient (Wildman–Crippen LogP) is 5.01. The van der Waals surface area contributed by atoms with Crippen molar-refractivity contribution in [2.75, 3.05) is 0 Å². The molecule has 0 atom stereocenters. The van der Waals surface area contributed by atoms with E-state index in [4.69, 9.17) is 5.73 Å². The smallest absolute Gasteiger partial charge is 0.419 e. The van der Waals surface area contributed by atoms with E-state index in [1.807, 2.05) is 27.7 Å². The van der Waals surface area contributed by atoms with E-state index in [-0.39, 0.29) is 12.1 Å². The highest BCUT2D eigenvalue weighted by molar-refractivity contribution is 5.92. The highest BCUT2D eigenvalue weighted by atomic mass is 19.4. The van der Waals surface area contributed by atoms with E-state index in [0.717, 1.165) is 17.8 Å². The molecule has 0 saturated carbocycles. The van der Waals surface area contributed by atoms with Crippen molar-refractivity contribution in [3.63, 3.8) is 0 Å². The van der Waals surface area contributed by atoms with Gasteiger partial charge >= 0.3 is 6.18 Å². The molecular formula is C19H22F4N3O-. The lowest BCUT2D eigenvalue weighted by Crippen LogP contribution is -2.13. The Hall–Kier alpha value is -2.48. The molecule has 1 aromatic carbocycles. The molecule has 0 spiro atoms. The van der Waals surface area contributed by atoms with Gasteiger partial charge in [-0.05, 0) is 31.2 Å². The first-order chi connectivity index (χ1) is 12.3. The Morgan fingerprint density at radius 1 is 1.15 bits per heavy atom. The summed E-state index contributed by atoms with van der Waals surface area (Å²) in [5.74, 6) is -1.66. The van der Waals surface area contributed by atoms with E-state index in [0.29, 0.717) is 11.1 Å². The maximum Gasteiger partial charge on any atom is 0.419 e. The van der Waals surface area contributed by atoms with Crippen molar-refractivity contribution in [2.24, 2.45) is 5.73 Å². The number of halogens is 4. The second-order valence-electron chi connectivity index (χ2n) is 6.85. The summed E-state index contributed by atoms with van der Waals surface area (Å²) in [6, 6.07) is 6.21. The molecule has 2 aromatic rings. The third-order valence-electron chi connectivity index (χ3n) is 3.25. The summed E-state index contributed by atoms with van der Waals surface area (Å²) in [7, 11) is 0. The van der Waals surface area contributed by atoms with E-state index in [1.165, 1.54) is 6.07 Å². The summed E-state index contributed by atoms with van der Waals surface area (Å²) < 4.78 is 50.3. The van der Waals surface area contributed by atoms with Crippen molar-refractivity contribution < 1.29 is 22.4 Å². The fraction of sp³-hybridized carbons (Fsp3) is 0.368. The molecule has 0 aliphatic heterocycles. The lowest BCUT2D eigenvalue weighted by Gasteiger charge is -2.36. The summed E-state index contributed by atoms with van der Waals surface area (Å²) in [6.07, 6.45) is -3.10. The van der Waals surface area contributed by atoms with Crippen molar-refractivity contribution in [1.29, 1.82) is 0 Å². The molecule has 0 radical (unpaired) electrons. The number of primary amides is 1. The van der Waals surface area contributed by atoms with Crippen LogP contribution in [0.15, 0.2) is 36.5 Å². The van der Waals surface area contributed by atoms with Crippen LogP contribution in [0.4, 0.5) is 17.6 Å². The van der Waals surface area contributed by atoms with Gasteiger partial charge in [0.05, 0.1) is 5.56 Å². The Labute approximate surface area is 155 Å². The van der Waals surface area contributed by atoms with E-state index in [2.05, 4.69) is 10.3 Å². The van der Waals surface area contributed by atoms with E-state index >= 15 is 0 Å². The van der Waals surface area contributed by atoms with Gasteiger partial charge in [0.25, 0.3) is 0 Å². The monoisotopic (exact) mass is 384 g/mol. The van der Waals surface area contributed by atoms with Crippen LogP contribution in [0.25, 0.3) is 5.32 Å². The average molecular weight is 384 g/mol. The highest BCUT2D eigenvalue weighted by Crippen LogP contribution is 2.32. The zero-order valence-electron chi connectivity index (χ0n) is 15.6. The van der Waals surface area contributed by atoms with Gasteiger partial charge in [-0.25, -0.2) is 4.39 Å². The SMILES string of the molecule is CC(C)(C)[N-]Cc1ccc(F)c(C(F)(F)F)c1.Cc1cc(C(N)=O)ccn1. The third-order valence-corrected chi connectivity index (χ3v) is 3.25. The average Bonchev–Trinajstić information content (AvgIpc) is 2.53. The van der Waals surface area contributed by atoms with Crippen molar-refractivity contribution in [2.45, 2.75) is 46.0 Å². The summed E-state index contributed by atoms with van der Waals surface area (Å²) in [6.45, 7) is 7.50. The molecule has 0 bridgehead atoms. The van der Waals surface area contributed by atoms with Gasteiger partial charge < -0.3 is 11.1 Å². The molecule has 8 heteroatoms. The van der Waals surface area contributed by atoms with Crippen molar-refractivity contribution in [3.05, 3.63) is 70.0 Å². The van der Waals surface area contributed by atoms with Gasteiger partial charge in [0.2, 0.25) is 5.91 Å². The quantitative estimate of drug-likeness (QED) is 0.756. The minimum atomic E-state index is -4.66. The largest absolute Gasteiger partial charge is 0.654 e. The number of aryl methyl sites for hydroxylation is 1. The Morgan fingerprint density at radius 2 is 1.78 bits per heavy atom. The molecule has 0 fully saturated rings. The minimum absolute atomic E-state index is 0.146. The van der Waals surface area contributed by atoms with Gasteiger partial charge in [-0.15, -0.1) is 12.1 Å². The maximum absolute atomic E-state index is 13.0. The fourth-order valence-electron chi connectivity index (χ4n) is 1.92. The van der Waals surface area contributed by atoms with Gasteiger partial charge in [0.1, 0.15) is 5.82 Å². The number of nitrogens with zero attached hydrogens (tertiary/aromatic N) is 2. The molecule has 2 rings (SSSR count). The van der Waals surface area contributed by atoms with E-state index in [9.17, 15) is 22.4 Å². The molecule has 4 nitrogen and oxygen atoms in total. The van der Waals surface area contributed by atoms with Crippen molar-refractivity contribution >= 4 is 5.91 Å². The first-order valence-corrected chi connectivity index (χ1v) is 8.06. The van der Waals surface area contributed by atoms with Gasteiger partial charge in [-0.2, -0.15) is 13.2 Å². The number of alkyl halides is 3. The third kappa shape index (κ3) is 8.17. The van der Waals surface area contributed by atoms with Crippen LogP contribution >= 0.6 is 0 Å². The fourth-order valence-corrected chi connectivity index (χ4v) is 1.92. The summed E-state index contributed by atoms with van der Waals surface area (Å²) in [4.78, 5) is 14.5. The van der Waals surface area contributed by atoms with Crippen LogP contribution in [0.5, 0.6) is 0 Å². The van der Waals surface area contributed by atoms with Crippen LogP contribution in [-0.4, -0.2) is 16.4 Å². The van der Waals surface area contributed by atoms with Crippen LogP contribution in [0.1, 0.15) is 48.0 Å².